The van der Waals surface area contributed by atoms with Gasteiger partial charge in [0.05, 0.1) is 0 Å². The first-order valence-electron chi connectivity index (χ1n) is 6.10. The highest BCUT2D eigenvalue weighted by Crippen LogP contribution is 2.37. The molecule has 3 nitrogen and oxygen atoms in total. The van der Waals surface area contributed by atoms with Crippen LogP contribution in [-0.4, -0.2) is 23.0 Å². The van der Waals surface area contributed by atoms with Crippen molar-refractivity contribution >= 4 is 28.9 Å². The summed E-state index contributed by atoms with van der Waals surface area (Å²) in [6.07, 6.45) is 5.85. The molecule has 0 saturated carbocycles. The number of rotatable bonds is 4. The van der Waals surface area contributed by atoms with Crippen molar-refractivity contribution in [3.05, 3.63) is 11.1 Å². The third-order valence-corrected chi connectivity index (χ3v) is 4.78. The minimum atomic E-state index is 0. The molecule has 98 valence electrons. The highest BCUT2D eigenvalue weighted by molar-refractivity contribution is 7.15. The van der Waals surface area contributed by atoms with Crippen molar-refractivity contribution in [2.75, 3.05) is 18.8 Å². The number of nitrogens with zero attached hydrogens (tertiary/aromatic N) is 2. The number of anilines is 1. The molecule has 0 unspecified atom stereocenters. The summed E-state index contributed by atoms with van der Waals surface area (Å²) in [6, 6.07) is 0. The molecule has 0 aliphatic carbocycles. The number of halogens is 1. The SMILES string of the molecule is CCC1(CC)CCN(Cc2cnc(N)s2)C1.Cl. The first-order chi connectivity index (χ1) is 7.67. The van der Waals surface area contributed by atoms with Crippen LogP contribution in [-0.2, 0) is 6.54 Å². The lowest BCUT2D eigenvalue weighted by Gasteiger charge is -2.26. The molecule has 5 heteroatoms. The molecular formula is C12H22ClN3S. The Bertz CT molecular complexity index is 349. The summed E-state index contributed by atoms with van der Waals surface area (Å²) in [5, 5.41) is 0.687. The molecule has 1 aliphatic rings. The van der Waals surface area contributed by atoms with Crippen molar-refractivity contribution in [2.45, 2.75) is 39.7 Å². The number of nitrogens with two attached hydrogens (primary N) is 1. The lowest BCUT2D eigenvalue weighted by Crippen LogP contribution is -2.25. The maximum absolute atomic E-state index is 5.65. The molecule has 1 fully saturated rings. The van der Waals surface area contributed by atoms with Gasteiger partial charge in [-0.2, -0.15) is 0 Å². The van der Waals surface area contributed by atoms with E-state index in [-0.39, 0.29) is 12.4 Å². The number of hydrogen-bond donors (Lipinski definition) is 1. The number of thiazole rings is 1. The Kier molecular flexibility index (Phi) is 5.22. The summed E-state index contributed by atoms with van der Waals surface area (Å²) < 4.78 is 0. The molecular weight excluding hydrogens is 254 g/mol. The minimum absolute atomic E-state index is 0. The second kappa shape index (κ2) is 6.03. The zero-order chi connectivity index (χ0) is 11.6. The molecule has 2 N–H and O–H groups in total. The first-order valence-corrected chi connectivity index (χ1v) is 6.91. The Morgan fingerprint density at radius 2 is 2.18 bits per heavy atom. The molecule has 0 amide bonds. The highest BCUT2D eigenvalue weighted by atomic mass is 35.5. The van der Waals surface area contributed by atoms with Gasteiger partial charge >= 0.3 is 0 Å². The predicted octanol–water partition coefficient (Wildman–Crippen LogP) is 3.16. The van der Waals surface area contributed by atoms with E-state index in [2.05, 4.69) is 23.7 Å². The molecule has 0 bridgehead atoms. The molecule has 1 aromatic heterocycles. The molecule has 0 atom stereocenters. The van der Waals surface area contributed by atoms with Gasteiger partial charge < -0.3 is 5.73 Å². The third kappa shape index (κ3) is 3.33. The van der Waals surface area contributed by atoms with Gasteiger partial charge in [0.1, 0.15) is 0 Å². The molecule has 1 aromatic rings. The van der Waals surface area contributed by atoms with Crippen molar-refractivity contribution in [1.82, 2.24) is 9.88 Å². The number of likely N-dealkylation sites (tertiary alicyclic amines) is 1. The van der Waals surface area contributed by atoms with Gasteiger partial charge in [-0.25, -0.2) is 4.98 Å². The average molecular weight is 276 g/mol. The van der Waals surface area contributed by atoms with Crippen LogP contribution in [0.3, 0.4) is 0 Å². The number of nitrogen functional groups attached to an aromatic ring is 1. The largest absolute Gasteiger partial charge is 0.375 e. The lowest BCUT2D eigenvalue weighted by molar-refractivity contribution is 0.237. The summed E-state index contributed by atoms with van der Waals surface area (Å²) in [4.78, 5) is 7.94. The summed E-state index contributed by atoms with van der Waals surface area (Å²) >= 11 is 1.61. The van der Waals surface area contributed by atoms with Gasteiger partial charge in [0.25, 0.3) is 0 Å². The zero-order valence-corrected chi connectivity index (χ0v) is 12.2. The third-order valence-electron chi connectivity index (χ3n) is 3.97. The normalized spacial score (nSPS) is 19.2. The lowest BCUT2D eigenvalue weighted by atomic mass is 9.82. The Morgan fingerprint density at radius 1 is 1.47 bits per heavy atom. The van der Waals surface area contributed by atoms with Crippen LogP contribution >= 0.6 is 23.7 Å². The van der Waals surface area contributed by atoms with E-state index >= 15 is 0 Å². The van der Waals surface area contributed by atoms with E-state index in [4.69, 9.17) is 5.73 Å². The highest BCUT2D eigenvalue weighted by Gasteiger charge is 2.34. The van der Waals surface area contributed by atoms with E-state index in [1.54, 1.807) is 11.3 Å². The van der Waals surface area contributed by atoms with Gasteiger partial charge in [0.15, 0.2) is 5.13 Å². The van der Waals surface area contributed by atoms with Gasteiger partial charge in [-0.1, -0.05) is 13.8 Å². The fourth-order valence-corrected chi connectivity index (χ4v) is 3.33. The van der Waals surface area contributed by atoms with Crippen LogP contribution in [0.1, 0.15) is 38.0 Å². The van der Waals surface area contributed by atoms with E-state index in [9.17, 15) is 0 Å². The quantitative estimate of drug-likeness (QED) is 0.918. The molecule has 0 aromatic carbocycles. The summed E-state index contributed by atoms with van der Waals surface area (Å²) in [5.41, 5.74) is 6.21. The molecule has 1 aliphatic heterocycles. The van der Waals surface area contributed by atoms with Crippen LogP contribution in [0.15, 0.2) is 6.20 Å². The second-order valence-corrected chi connectivity index (χ2v) is 5.98. The van der Waals surface area contributed by atoms with Crippen LogP contribution in [0.4, 0.5) is 5.13 Å². The maximum Gasteiger partial charge on any atom is 0.180 e. The molecule has 17 heavy (non-hydrogen) atoms. The number of hydrogen-bond acceptors (Lipinski definition) is 4. The van der Waals surface area contributed by atoms with Gasteiger partial charge in [-0.15, -0.1) is 23.7 Å². The van der Waals surface area contributed by atoms with Crippen LogP contribution in [0.5, 0.6) is 0 Å². The van der Waals surface area contributed by atoms with Crippen molar-refractivity contribution in [1.29, 1.82) is 0 Å². The summed E-state index contributed by atoms with van der Waals surface area (Å²) in [5.74, 6) is 0. The van der Waals surface area contributed by atoms with Crippen LogP contribution in [0.25, 0.3) is 0 Å². The van der Waals surface area contributed by atoms with Crippen LogP contribution in [0.2, 0.25) is 0 Å². The van der Waals surface area contributed by atoms with Crippen LogP contribution < -0.4 is 5.73 Å². The average Bonchev–Trinajstić information content (AvgIpc) is 2.87. The Hall–Kier alpha value is -0.320. The van der Waals surface area contributed by atoms with Crippen molar-refractivity contribution in [3.8, 4) is 0 Å². The van der Waals surface area contributed by atoms with E-state index < -0.39 is 0 Å². The fraction of sp³-hybridized carbons (Fsp3) is 0.750. The van der Waals surface area contributed by atoms with E-state index in [0.717, 1.165) is 6.54 Å². The smallest absolute Gasteiger partial charge is 0.180 e. The monoisotopic (exact) mass is 275 g/mol. The van der Waals surface area contributed by atoms with Gasteiger partial charge in [0, 0.05) is 24.2 Å². The van der Waals surface area contributed by atoms with Crippen LogP contribution in [0, 0.1) is 5.41 Å². The topological polar surface area (TPSA) is 42.2 Å². The Labute approximate surface area is 114 Å². The van der Waals surface area contributed by atoms with Crippen molar-refractivity contribution in [3.63, 3.8) is 0 Å². The zero-order valence-electron chi connectivity index (χ0n) is 10.6. The van der Waals surface area contributed by atoms with Crippen molar-refractivity contribution in [2.24, 2.45) is 5.41 Å². The second-order valence-electron chi connectivity index (χ2n) is 4.83. The Balaban J connectivity index is 0.00000144. The van der Waals surface area contributed by atoms with E-state index in [0.29, 0.717) is 10.5 Å². The molecule has 2 rings (SSSR count). The molecule has 0 radical (unpaired) electrons. The van der Waals surface area contributed by atoms with E-state index in [1.807, 2.05) is 6.20 Å². The minimum Gasteiger partial charge on any atom is -0.375 e. The standard InChI is InChI=1S/C12H21N3S.ClH/c1-3-12(4-2)5-6-15(9-12)8-10-7-14-11(13)16-10;/h7H,3-6,8-9H2,1-2H3,(H2,13,14);1H. The van der Waals surface area contributed by atoms with Gasteiger partial charge in [0.2, 0.25) is 0 Å². The van der Waals surface area contributed by atoms with Crippen molar-refractivity contribution < 1.29 is 0 Å². The Morgan fingerprint density at radius 3 is 2.65 bits per heavy atom. The number of aromatic nitrogens is 1. The van der Waals surface area contributed by atoms with Gasteiger partial charge in [-0.05, 0) is 31.2 Å². The van der Waals surface area contributed by atoms with Gasteiger partial charge in [-0.3, -0.25) is 4.90 Å². The predicted molar refractivity (Wildman–Crippen MR) is 76.7 cm³/mol. The van der Waals surface area contributed by atoms with E-state index in [1.165, 1.54) is 37.2 Å². The maximum atomic E-state index is 5.65. The molecule has 0 spiro atoms. The summed E-state index contributed by atoms with van der Waals surface area (Å²) in [6.45, 7) is 8.11. The molecule has 2 heterocycles. The fourth-order valence-electron chi connectivity index (χ4n) is 2.61. The summed E-state index contributed by atoms with van der Waals surface area (Å²) in [7, 11) is 0. The molecule has 1 saturated heterocycles. The first kappa shape index (κ1) is 14.7.